The molecule has 14 heteroatoms. The zero-order valence-electron chi connectivity index (χ0n) is 20.2. The van der Waals surface area contributed by atoms with E-state index in [1.54, 1.807) is 37.6 Å². The number of carbonyl (C=O) groups excluding carboxylic acids is 1. The molecule has 0 saturated heterocycles. The number of amides is 1. The summed E-state index contributed by atoms with van der Waals surface area (Å²) in [5.41, 5.74) is 1.02. The number of halogens is 1. The van der Waals surface area contributed by atoms with Gasteiger partial charge in [-0.05, 0) is 26.8 Å². The van der Waals surface area contributed by atoms with Gasteiger partial charge in [-0.15, -0.1) is 11.3 Å². The zero-order chi connectivity index (χ0) is 26.4. The lowest BCUT2D eigenvalue weighted by atomic mass is 10.2. The van der Waals surface area contributed by atoms with Gasteiger partial charge in [-0.25, -0.2) is 14.8 Å². The zero-order valence-corrected chi connectivity index (χ0v) is 21.8. The normalized spacial score (nSPS) is 12.2. The van der Waals surface area contributed by atoms with Gasteiger partial charge in [0.05, 0.1) is 23.6 Å². The van der Waals surface area contributed by atoms with Crippen LogP contribution in [0.5, 0.6) is 0 Å². The maximum absolute atomic E-state index is 13.4. The van der Waals surface area contributed by atoms with Crippen LogP contribution in [0, 0.1) is 13.8 Å². The molecule has 0 radical (unpaired) electrons. The van der Waals surface area contributed by atoms with E-state index in [4.69, 9.17) is 16.1 Å². The van der Waals surface area contributed by atoms with Crippen LogP contribution in [0.15, 0.2) is 44.1 Å². The highest BCUT2D eigenvalue weighted by molar-refractivity contribution is 7.13. The first-order valence-electron chi connectivity index (χ1n) is 11.1. The Hall–Kier alpha value is -4.10. The van der Waals surface area contributed by atoms with Crippen molar-refractivity contribution in [3.8, 4) is 10.6 Å². The van der Waals surface area contributed by atoms with Crippen molar-refractivity contribution < 1.29 is 9.32 Å². The van der Waals surface area contributed by atoms with Gasteiger partial charge in [-0.2, -0.15) is 0 Å². The number of aryl methyl sites for hydroxylation is 3. The summed E-state index contributed by atoms with van der Waals surface area (Å²) in [5, 5.41) is 9.52. The Labute approximate surface area is 218 Å². The Kier molecular flexibility index (Phi) is 6.25. The molecule has 1 atom stereocenters. The van der Waals surface area contributed by atoms with Gasteiger partial charge in [0, 0.05) is 30.3 Å². The predicted molar refractivity (Wildman–Crippen MR) is 138 cm³/mol. The molecule has 0 aliphatic heterocycles. The summed E-state index contributed by atoms with van der Waals surface area (Å²) in [5.74, 6) is 0.496. The van der Waals surface area contributed by atoms with Crippen LogP contribution in [0.2, 0.25) is 5.02 Å². The topological polar surface area (TPSA) is 143 Å². The van der Waals surface area contributed by atoms with Crippen molar-refractivity contribution in [2.24, 2.45) is 7.05 Å². The van der Waals surface area contributed by atoms with E-state index in [1.807, 2.05) is 6.92 Å². The number of thiazole rings is 1. The maximum Gasteiger partial charge on any atom is 0.332 e. The fourth-order valence-corrected chi connectivity index (χ4v) is 4.72. The number of anilines is 1. The number of aromatic nitrogens is 7. The van der Waals surface area contributed by atoms with Crippen LogP contribution in [0.3, 0.4) is 0 Å². The van der Waals surface area contributed by atoms with Crippen molar-refractivity contribution in [1.29, 1.82) is 0 Å². The van der Waals surface area contributed by atoms with Crippen LogP contribution in [0.1, 0.15) is 30.1 Å². The lowest BCUT2D eigenvalue weighted by Gasteiger charge is -2.14. The van der Waals surface area contributed by atoms with Crippen LogP contribution in [0.25, 0.3) is 21.7 Å². The molecule has 0 spiro atoms. The lowest BCUT2D eigenvalue weighted by molar-refractivity contribution is -0.118. The highest BCUT2D eigenvalue weighted by Crippen LogP contribution is 2.28. The Balaban J connectivity index is 1.44. The van der Waals surface area contributed by atoms with Crippen molar-refractivity contribution in [2.45, 2.75) is 33.4 Å². The summed E-state index contributed by atoms with van der Waals surface area (Å²) < 4.78 is 8.79. The third-order valence-electron chi connectivity index (χ3n) is 5.88. The van der Waals surface area contributed by atoms with Crippen LogP contribution in [-0.4, -0.2) is 39.7 Å². The van der Waals surface area contributed by atoms with Gasteiger partial charge in [0.15, 0.2) is 11.2 Å². The first-order valence-corrected chi connectivity index (χ1v) is 12.4. The quantitative estimate of drug-likeness (QED) is 0.346. The molecule has 0 aliphatic rings. The monoisotopic (exact) mass is 540 g/mol. The maximum atomic E-state index is 13.4. The minimum atomic E-state index is -0.835. The van der Waals surface area contributed by atoms with E-state index in [-0.39, 0.29) is 17.7 Å². The van der Waals surface area contributed by atoms with E-state index < -0.39 is 23.2 Å². The number of hydrogen-bond acceptors (Lipinski definition) is 9. The predicted octanol–water partition coefficient (Wildman–Crippen LogP) is 2.92. The van der Waals surface area contributed by atoms with E-state index in [9.17, 15) is 14.4 Å². The molecule has 0 aliphatic carbocycles. The second-order valence-electron chi connectivity index (χ2n) is 8.48. The largest absolute Gasteiger partial charge is 0.361 e. The summed E-state index contributed by atoms with van der Waals surface area (Å²) in [6, 6.07) is 2.58. The number of pyridine rings is 1. The van der Waals surface area contributed by atoms with Gasteiger partial charge >= 0.3 is 5.69 Å². The summed E-state index contributed by atoms with van der Waals surface area (Å²) in [7, 11) is 1.51. The third-order valence-corrected chi connectivity index (χ3v) is 7.15. The Bertz CT molecular complexity index is 1780. The molecule has 0 fully saturated rings. The van der Waals surface area contributed by atoms with E-state index in [2.05, 4.69) is 25.4 Å². The molecular weight excluding hydrogens is 520 g/mol. The number of nitrogens with zero attached hydrogens (tertiary/aromatic N) is 7. The molecule has 0 bridgehead atoms. The molecule has 190 valence electrons. The minimum Gasteiger partial charge on any atom is -0.361 e. The summed E-state index contributed by atoms with van der Waals surface area (Å²) in [6.45, 7) is 5.07. The first kappa shape index (κ1) is 24.6. The number of fused-ring (bicyclic) bond motifs is 1. The fraction of sp³-hybridized carbons (Fsp3) is 0.261. The number of hydrogen-bond donors (Lipinski definition) is 1. The number of imidazole rings is 1. The molecule has 5 heterocycles. The summed E-state index contributed by atoms with van der Waals surface area (Å²) in [4.78, 5) is 52.3. The van der Waals surface area contributed by atoms with Crippen molar-refractivity contribution in [1.82, 2.24) is 33.8 Å². The summed E-state index contributed by atoms with van der Waals surface area (Å²) >= 11 is 7.50. The molecule has 1 amide bonds. The second kappa shape index (κ2) is 9.41. The number of rotatable bonds is 6. The molecule has 5 aromatic heterocycles. The van der Waals surface area contributed by atoms with Crippen molar-refractivity contribution in [3.05, 3.63) is 73.0 Å². The average molecular weight is 541 g/mol. The van der Waals surface area contributed by atoms with Crippen molar-refractivity contribution >= 4 is 45.8 Å². The second-order valence-corrected chi connectivity index (χ2v) is 9.75. The Morgan fingerprint density at radius 3 is 2.73 bits per heavy atom. The fourth-order valence-electron chi connectivity index (χ4n) is 3.82. The Morgan fingerprint density at radius 2 is 2.03 bits per heavy atom. The molecule has 1 N–H and O–H groups in total. The third kappa shape index (κ3) is 4.47. The average Bonchev–Trinajstić information content (AvgIpc) is 3.61. The lowest BCUT2D eigenvalue weighted by Crippen LogP contribution is -2.40. The van der Waals surface area contributed by atoms with Gasteiger partial charge in [-0.3, -0.25) is 23.7 Å². The van der Waals surface area contributed by atoms with Gasteiger partial charge in [0.2, 0.25) is 5.91 Å². The molecule has 5 aromatic rings. The Morgan fingerprint density at radius 1 is 1.24 bits per heavy atom. The van der Waals surface area contributed by atoms with Crippen LogP contribution in [0.4, 0.5) is 5.82 Å². The highest BCUT2D eigenvalue weighted by Gasteiger charge is 2.24. The smallest absolute Gasteiger partial charge is 0.332 e. The molecule has 37 heavy (non-hydrogen) atoms. The summed E-state index contributed by atoms with van der Waals surface area (Å²) in [6.07, 6.45) is 3.04. The van der Waals surface area contributed by atoms with Gasteiger partial charge < -0.3 is 14.4 Å². The molecule has 12 nitrogen and oxygen atoms in total. The molecule has 0 unspecified atom stereocenters. The van der Waals surface area contributed by atoms with Crippen molar-refractivity contribution in [3.63, 3.8) is 0 Å². The SMILES string of the molecule is Cc1cc(Cn2c(=O)c3c(ncn3[C@@H](C)C(=O)Nc3csc(-c4cnc(C)c(Cl)c4)n3)n(C)c2=O)no1. The van der Waals surface area contributed by atoms with E-state index in [1.165, 1.54) is 33.8 Å². The molecular formula is C23H21ClN8O4S. The minimum absolute atomic E-state index is 0.0793. The molecule has 0 aromatic carbocycles. The number of carbonyl (C=O) groups is 1. The van der Waals surface area contributed by atoms with E-state index in [0.29, 0.717) is 33.0 Å². The van der Waals surface area contributed by atoms with Crippen molar-refractivity contribution in [2.75, 3.05) is 5.32 Å². The van der Waals surface area contributed by atoms with Gasteiger partial charge in [0.25, 0.3) is 5.56 Å². The van der Waals surface area contributed by atoms with Crippen LogP contribution < -0.4 is 16.6 Å². The molecule has 5 rings (SSSR count). The van der Waals surface area contributed by atoms with Gasteiger partial charge in [0.1, 0.15) is 28.3 Å². The van der Waals surface area contributed by atoms with Gasteiger partial charge in [-0.1, -0.05) is 16.8 Å². The van der Waals surface area contributed by atoms with E-state index in [0.717, 1.165) is 10.1 Å². The highest BCUT2D eigenvalue weighted by atomic mass is 35.5. The first-order chi connectivity index (χ1) is 17.6. The molecule has 0 saturated carbocycles. The standard InChI is InChI=1S/C23H21ClN8O4S/c1-11-5-15(29-36-11)8-31-22(34)18-19(30(4)23(31)35)26-10-32(18)13(3)20(33)27-17-9-37-21(28-17)14-6-16(24)12(2)25-7-14/h5-7,9-10,13H,8H2,1-4H3,(H,27,33)/t13-/m0/s1. The van der Waals surface area contributed by atoms with Crippen LogP contribution >= 0.6 is 22.9 Å². The van der Waals surface area contributed by atoms with Crippen LogP contribution in [-0.2, 0) is 18.4 Å². The van der Waals surface area contributed by atoms with E-state index >= 15 is 0 Å². The number of nitrogens with one attached hydrogen (secondary N) is 1.